The molecule has 0 saturated carbocycles. The first-order valence-electron chi connectivity index (χ1n) is 12.1. The minimum atomic E-state index is -1.58. The molecule has 2 aliphatic rings. The molecule has 6 atom stereocenters. The Balaban J connectivity index is 1.34. The van der Waals surface area contributed by atoms with Crippen LogP contribution < -0.4 is 0 Å². The van der Waals surface area contributed by atoms with Crippen LogP contribution in [0.5, 0.6) is 0 Å². The SMILES string of the molecule is OC1C(n2cc(-c3cc(F)c(F)c(F)c3)nn2)[C@H]2OC(c3ccccc3)OCC2O[C@@H]1Sc1ccc(Cl)c(Cl)c1. The summed E-state index contributed by atoms with van der Waals surface area (Å²) in [7, 11) is 0. The number of aliphatic hydroxyl groups is 1. The van der Waals surface area contributed by atoms with Crippen molar-refractivity contribution in [3.63, 3.8) is 0 Å². The Morgan fingerprint density at radius 2 is 1.70 bits per heavy atom. The lowest BCUT2D eigenvalue weighted by atomic mass is 9.96. The molecule has 2 fully saturated rings. The second-order valence-electron chi connectivity index (χ2n) is 9.23. The van der Waals surface area contributed by atoms with Crippen molar-refractivity contribution in [2.75, 3.05) is 6.61 Å². The van der Waals surface area contributed by atoms with E-state index in [0.29, 0.717) is 14.9 Å². The molecule has 0 aliphatic carbocycles. The maximum absolute atomic E-state index is 13.9. The Bertz CT molecular complexity index is 1510. The van der Waals surface area contributed by atoms with Gasteiger partial charge in [0.2, 0.25) is 0 Å². The van der Waals surface area contributed by atoms with Crippen LogP contribution in [0.3, 0.4) is 0 Å². The molecule has 0 spiro atoms. The van der Waals surface area contributed by atoms with Gasteiger partial charge in [0.1, 0.15) is 35.5 Å². The summed E-state index contributed by atoms with van der Waals surface area (Å²) < 4.78 is 61.2. The van der Waals surface area contributed by atoms with Gasteiger partial charge < -0.3 is 19.3 Å². The first-order valence-corrected chi connectivity index (χ1v) is 13.8. The fourth-order valence-electron chi connectivity index (χ4n) is 4.70. The van der Waals surface area contributed by atoms with E-state index in [9.17, 15) is 18.3 Å². The van der Waals surface area contributed by atoms with Crippen LogP contribution in [-0.4, -0.2) is 50.5 Å². The van der Waals surface area contributed by atoms with Crippen molar-refractivity contribution >= 4 is 35.0 Å². The largest absolute Gasteiger partial charge is 0.387 e. The Morgan fingerprint density at radius 3 is 2.42 bits per heavy atom. The van der Waals surface area contributed by atoms with Crippen LogP contribution in [0.15, 0.2) is 71.8 Å². The van der Waals surface area contributed by atoms with Gasteiger partial charge in [-0.2, -0.15) is 0 Å². The van der Waals surface area contributed by atoms with Gasteiger partial charge in [-0.15, -0.1) is 5.10 Å². The number of fused-ring (bicyclic) bond motifs is 1. The average Bonchev–Trinajstić information content (AvgIpc) is 3.44. The third-order valence-corrected chi connectivity index (χ3v) is 8.53. The summed E-state index contributed by atoms with van der Waals surface area (Å²) >= 11 is 13.5. The zero-order valence-electron chi connectivity index (χ0n) is 20.3. The van der Waals surface area contributed by atoms with Gasteiger partial charge in [0, 0.05) is 16.0 Å². The van der Waals surface area contributed by atoms with Crippen molar-refractivity contribution in [2.45, 2.75) is 41.0 Å². The molecule has 3 aromatic carbocycles. The number of nitrogens with zero attached hydrogens (tertiary/aromatic N) is 3. The van der Waals surface area contributed by atoms with Gasteiger partial charge in [-0.1, -0.05) is 70.5 Å². The Morgan fingerprint density at radius 1 is 0.950 bits per heavy atom. The van der Waals surface area contributed by atoms with Crippen molar-refractivity contribution in [3.8, 4) is 11.3 Å². The van der Waals surface area contributed by atoms with Crippen LogP contribution >= 0.6 is 35.0 Å². The smallest absolute Gasteiger partial charge is 0.194 e. The second-order valence-corrected chi connectivity index (χ2v) is 11.2. The molecule has 0 radical (unpaired) electrons. The minimum Gasteiger partial charge on any atom is -0.387 e. The molecule has 0 amide bonds. The lowest BCUT2D eigenvalue weighted by Gasteiger charge is -2.47. The summed E-state index contributed by atoms with van der Waals surface area (Å²) in [5.41, 5.74) is 0.0290. The van der Waals surface area contributed by atoms with E-state index < -0.39 is 53.5 Å². The van der Waals surface area contributed by atoms with Crippen molar-refractivity contribution in [1.29, 1.82) is 0 Å². The number of aliphatic hydroxyl groups excluding tert-OH is 1. The molecule has 1 N–H and O–H groups in total. The second kappa shape index (κ2) is 11.3. The first kappa shape index (κ1) is 27.5. The summed E-state index contributed by atoms with van der Waals surface area (Å²) in [6.45, 7) is 0.155. The number of aromatic nitrogens is 3. The number of hydrogen-bond acceptors (Lipinski definition) is 7. The van der Waals surface area contributed by atoms with Gasteiger partial charge in [-0.05, 0) is 30.3 Å². The number of rotatable bonds is 5. The zero-order valence-corrected chi connectivity index (χ0v) is 22.7. The zero-order chi connectivity index (χ0) is 28.0. The van der Waals surface area contributed by atoms with E-state index in [1.165, 1.54) is 22.6 Å². The third-order valence-electron chi connectivity index (χ3n) is 6.64. The number of halogens is 5. The fourth-order valence-corrected chi connectivity index (χ4v) is 6.17. The molecule has 4 unspecified atom stereocenters. The standard InChI is InChI=1S/C27H20Cl2F3N3O4S/c28-16-7-6-15(10-17(16)29)40-27-24(36)23(25-21(38-27)12-37-26(39-25)13-4-2-1-3-5-13)35-11-20(33-34-35)14-8-18(30)22(32)19(31)9-14/h1-11,21,23-27,36H,12H2/t21?,23?,24?,25-,26?,27+/m0/s1. The van der Waals surface area contributed by atoms with Crippen LogP contribution in [0.2, 0.25) is 10.0 Å². The summed E-state index contributed by atoms with van der Waals surface area (Å²) in [5.74, 6) is -4.29. The van der Waals surface area contributed by atoms with E-state index in [0.717, 1.165) is 17.7 Å². The maximum Gasteiger partial charge on any atom is 0.194 e. The van der Waals surface area contributed by atoms with Crippen molar-refractivity contribution in [1.82, 2.24) is 15.0 Å². The Labute approximate surface area is 240 Å². The molecular formula is C27H20Cl2F3N3O4S. The monoisotopic (exact) mass is 609 g/mol. The highest BCUT2D eigenvalue weighted by Crippen LogP contribution is 2.44. The highest BCUT2D eigenvalue weighted by atomic mass is 35.5. The highest BCUT2D eigenvalue weighted by Gasteiger charge is 2.51. The van der Waals surface area contributed by atoms with Gasteiger partial charge >= 0.3 is 0 Å². The van der Waals surface area contributed by atoms with Crippen molar-refractivity contribution in [2.24, 2.45) is 0 Å². The van der Waals surface area contributed by atoms with Crippen molar-refractivity contribution in [3.05, 3.63) is 99.9 Å². The molecule has 0 bridgehead atoms. The van der Waals surface area contributed by atoms with Gasteiger partial charge in [0.05, 0.1) is 22.8 Å². The fraction of sp³-hybridized carbons (Fsp3) is 0.259. The van der Waals surface area contributed by atoms with Gasteiger partial charge in [0.15, 0.2) is 23.7 Å². The number of hydrogen-bond donors (Lipinski definition) is 1. The summed E-state index contributed by atoms with van der Waals surface area (Å²) in [6, 6.07) is 15.2. The van der Waals surface area contributed by atoms with E-state index in [1.54, 1.807) is 18.2 Å². The molecule has 2 saturated heterocycles. The molecule has 13 heteroatoms. The number of ether oxygens (including phenoxy) is 3. The molecule has 6 rings (SSSR count). The molecular weight excluding hydrogens is 590 g/mol. The maximum atomic E-state index is 13.9. The number of benzene rings is 3. The Kier molecular flexibility index (Phi) is 7.79. The quantitative estimate of drug-likeness (QED) is 0.270. The molecule has 4 aromatic rings. The molecule has 40 heavy (non-hydrogen) atoms. The van der Waals surface area contributed by atoms with Crippen LogP contribution in [-0.2, 0) is 14.2 Å². The molecule has 3 heterocycles. The van der Waals surface area contributed by atoms with E-state index in [4.69, 9.17) is 37.4 Å². The predicted molar refractivity (Wildman–Crippen MR) is 141 cm³/mol. The molecule has 2 aliphatic heterocycles. The van der Waals surface area contributed by atoms with E-state index in [2.05, 4.69) is 10.3 Å². The lowest BCUT2D eigenvalue weighted by Crippen LogP contribution is -2.58. The third kappa shape index (κ3) is 5.35. The predicted octanol–water partition coefficient (Wildman–Crippen LogP) is 6.20. The summed E-state index contributed by atoms with van der Waals surface area (Å²) in [6.07, 6.45) is -1.85. The molecule has 1 aromatic heterocycles. The molecule has 208 valence electrons. The van der Waals surface area contributed by atoms with Crippen LogP contribution in [0, 0.1) is 17.5 Å². The van der Waals surface area contributed by atoms with Crippen LogP contribution in [0.4, 0.5) is 13.2 Å². The van der Waals surface area contributed by atoms with Crippen LogP contribution in [0.25, 0.3) is 11.3 Å². The normalized spacial score (nSPS) is 26.4. The van der Waals surface area contributed by atoms with Gasteiger partial charge in [-0.25, -0.2) is 17.9 Å². The van der Waals surface area contributed by atoms with E-state index in [-0.39, 0.29) is 17.9 Å². The first-order chi connectivity index (χ1) is 19.3. The average molecular weight is 610 g/mol. The topological polar surface area (TPSA) is 78.6 Å². The molecule has 7 nitrogen and oxygen atoms in total. The summed E-state index contributed by atoms with van der Waals surface area (Å²) in [5, 5.41) is 20.5. The van der Waals surface area contributed by atoms with Gasteiger partial charge in [-0.3, -0.25) is 0 Å². The van der Waals surface area contributed by atoms with E-state index in [1.807, 2.05) is 30.3 Å². The minimum absolute atomic E-state index is 0.0162. The van der Waals surface area contributed by atoms with Gasteiger partial charge in [0.25, 0.3) is 0 Å². The Hall–Kier alpha value is -2.64. The van der Waals surface area contributed by atoms with Crippen LogP contribution in [0.1, 0.15) is 17.9 Å². The number of thioether (sulfide) groups is 1. The van der Waals surface area contributed by atoms with E-state index >= 15 is 0 Å². The summed E-state index contributed by atoms with van der Waals surface area (Å²) in [4.78, 5) is 0.701. The lowest BCUT2D eigenvalue weighted by molar-refractivity contribution is -0.306. The van der Waals surface area contributed by atoms with Crippen molar-refractivity contribution < 1.29 is 32.5 Å². The highest BCUT2D eigenvalue weighted by molar-refractivity contribution is 7.99.